The smallest absolute Gasteiger partial charge is 0.345 e. The van der Waals surface area contributed by atoms with Crippen molar-refractivity contribution >= 4 is 44.2 Å². The number of nitrogens with zero attached hydrogens (tertiary/aromatic N) is 2. The van der Waals surface area contributed by atoms with E-state index in [-0.39, 0.29) is 40.4 Å². The van der Waals surface area contributed by atoms with Gasteiger partial charge in [-0.25, -0.2) is 27.5 Å². The monoisotopic (exact) mass is 632 g/mol. The summed E-state index contributed by atoms with van der Waals surface area (Å²) in [4.78, 5) is 26.5. The van der Waals surface area contributed by atoms with Gasteiger partial charge < -0.3 is 9.73 Å². The molecule has 0 atom stereocenters. The highest BCUT2D eigenvalue weighted by atomic mass is 32.2. The van der Waals surface area contributed by atoms with Crippen molar-refractivity contribution < 1.29 is 36.5 Å². The van der Waals surface area contributed by atoms with Crippen LogP contribution in [0.3, 0.4) is 0 Å². The number of nitrogens with two attached hydrogens (primary N) is 1. The van der Waals surface area contributed by atoms with Gasteiger partial charge in [0.1, 0.15) is 40.8 Å². The zero-order chi connectivity index (χ0) is 32.5. The van der Waals surface area contributed by atoms with E-state index in [1.165, 1.54) is 74.0 Å². The molecule has 0 bridgehead atoms. The van der Waals surface area contributed by atoms with Crippen LogP contribution in [0.5, 0.6) is 0 Å². The van der Waals surface area contributed by atoms with E-state index < -0.39 is 33.5 Å². The zero-order valence-corrected chi connectivity index (χ0v) is 25.2. The van der Waals surface area contributed by atoms with Crippen molar-refractivity contribution in [3.05, 3.63) is 107 Å². The third kappa shape index (κ3) is 6.35. The lowest BCUT2D eigenvalue weighted by Gasteiger charge is -2.21. The van der Waals surface area contributed by atoms with Crippen molar-refractivity contribution in [3.63, 3.8) is 0 Å². The molecule has 5 aromatic rings. The Labute approximate surface area is 257 Å². The molecule has 0 saturated carbocycles. The summed E-state index contributed by atoms with van der Waals surface area (Å²) in [5.74, 6) is -1.65. The van der Waals surface area contributed by atoms with E-state index >= 15 is 0 Å². The Balaban J connectivity index is 1.69. The molecule has 13 heteroatoms. The van der Waals surface area contributed by atoms with Gasteiger partial charge >= 0.3 is 5.91 Å². The fourth-order valence-electron chi connectivity index (χ4n) is 4.90. The molecule has 0 aliphatic heterocycles. The largest absolute Gasteiger partial charge is 0.455 e. The molecule has 45 heavy (non-hydrogen) atoms. The Morgan fingerprint density at radius 1 is 0.956 bits per heavy atom. The van der Waals surface area contributed by atoms with Crippen LogP contribution >= 0.6 is 0 Å². The third-order valence-electron chi connectivity index (χ3n) is 7.33. The van der Waals surface area contributed by atoms with Gasteiger partial charge in [-0.2, -0.15) is 5.11 Å². The topological polar surface area (TPSA) is 150 Å². The van der Waals surface area contributed by atoms with Gasteiger partial charge in [-0.3, -0.25) is 14.4 Å². The standard InChI is InChI=1S/C32H27F2N5O5S/c1-36-32(41)29-25-15-23(20-8-13-26(38-35)24(14-20)31(40)37-17-18-4-9-21(33)10-5-18)27(39(2)45(3,42)43)16-28(25)44-30(29)19-6-11-22(34)12-7-19/h4-16,35H,17H2,1-3H3,(H,36,41)(H,37,40)/p+1. The van der Waals surface area contributed by atoms with Crippen LogP contribution in [0.1, 0.15) is 26.3 Å². The number of benzene rings is 4. The number of rotatable bonds is 9. The van der Waals surface area contributed by atoms with Crippen LogP contribution in [-0.2, 0) is 16.6 Å². The number of hydrogen-bond acceptors (Lipinski definition) is 7. The maximum absolute atomic E-state index is 13.7. The number of amides is 2. The summed E-state index contributed by atoms with van der Waals surface area (Å²) in [6.45, 7) is 0.200. The van der Waals surface area contributed by atoms with Crippen molar-refractivity contribution in [1.29, 1.82) is 5.53 Å². The van der Waals surface area contributed by atoms with Crippen molar-refractivity contribution in [3.8, 4) is 22.5 Å². The molecular weight excluding hydrogens is 604 g/mol. The molecule has 1 heterocycles. The molecule has 0 aliphatic rings. The van der Waals surface area contributed by atoms with E-state index in [1.807, 2.05) is 0 Å². The first kappa shape index (κ1) is 31.2. The molecule has 2 amide bonds. The van der Waals surface area contributed by atoms with Crippen LogP contribution in [0.25, 0.3) is 33.4 Å². The summed E-state index contributed by atoms with van der Waals surface area (Å²) < 4.78 is 59.6. The van der Waals surface area contributed by atoms with Crippen molar-refractivity contribution in [2.24, 2.45) is 5.11 Å². The van der Waals surface area contributed by atoms with Crippen LogP contribution < -0.4 is 14.9 Å². The number of primary amides is 1. The predicted octanol–water partition coefficient (Wildman–Crippen LogP) is 5.37. The molecule has 230 valence electrons. The molecule has 0 fully saturated rings. The van der Waals surface area contributed by atoms with Crippen molar-refractivity contribution in [2.45, 2.75) is 6.54 Å². The minimum absolute atomic E-state index is 0.0865. The van der Waals surface area contributed by atoms with E-state index in [2.05, 4.69) is 10.4 Å². The molecule has 0 spiro atoms. The highest BCUT2D eigenvalue weighted by Gasteiger charge is 2.27. The first-order valence-corrected chi connectivity index (χ1v) is 15.4. The highest BCUT2D eigenvalue weighted by Crippen LogP contribution is 2.42. The number of hydrogen-bond donors (Lipinski definition) is 3. The summed E-state index contributed by atoms with van der Waals surface area (Å²) in [7, 11) is -0.985. The molecule has 4 N–H and O–H groups in total. The summed E-state index contributed by atoms with van der Waals surface area (Å²) >= 11 is 0. The number of sulfonamides is 1. The summed E-state index contributed by atoms with van der Waals surface area (Å²) in [5.41, 5.74) is 10.2. The quantitative estimate of drug-likeness (QED) is 0.187. The number of carbonyl (C=O) groups excluding carboxylic acids is 2. The molecule has 0 saturated heterocycles. The number of anilines is 1. The van der Waals surface area contributed by atoms with Gasteiger partial charge in [-0.05, 0) is 60.2 Å². The lowest BCUT2D eigenvalue weighted by atomic mass is 9.96. The molecule has 10 nitrogen and oxygen atoms in total. The summed E-state index contributed by atoms with van der Waals surface area (Å²) in [6.07, 6.45) is 1.03. The van der Waals surface area contributed by atoms with Gasteiger partial charge in [0.05, 0.1) is 17.5 Å². The minimum atomic E-state index is -3.80. The average Bonchev–Trinajstić information content (AvgIpc) is 3.41. The van der Waals surface area contributed by atoms with Gasteiger partial charge in [-0.15, -0.1) is 0 Å². The second kappa shape index (κ2) is 12.4. The molecule has 5 rings (SSSR count). The molecule has 4 aromatic carbocycles. The van der Waals surface area contributed by atoms with Crippen molar-refractivity contribution in [1.82, 2.24) is 5.32 Å². The second-order valence-corrected chi connectivity index (χ2v) is 12.2. The van der Waals surface area contributed by atoms with Crippen LogP contribution in [0.4, 0.5) is 20.2 Å². The van der Waals surface area contributed by atoms with Gasteiger partial charge in [0.25, 0.3) is 5.91 Å². The molecule has 0 radical (unpaired) electrons. The van der Waals surface area contributed by atoms with Gasteiger partial charge in [0.15, 0.2) is 0 Å². The fourth-order valence-corrected chi connectivity index (χ4v) is 5.41. The number of carbonyl (C=O) groups is 2. The van der Waals surface area contributed by atoms with Gasteiger partial charge in [-0.1, -0.05) is 18.2 Å². The van der Waals surface area contributed by atoms with Crippen LogP contribution in [0.2, 0.25) is 0 Å². The first-order chi connectivity index (χ1) is 21.4. The van der Waals surface area contributed by atoms with E-state index in [1.54, 1.807) is 24.3 Å². The van der Waals surface area contributed by atoms with Crippen LogP contribution in [0, 0.1) is 17.2 Å². The van der Waals surface area contributed by atoms with Crippen molar-refractivity contribution in [2.75, 3.05) is 24.7 Å². The Hall–Kier alpha value is -5.27. The Morgan fingerprint density at radius 3 is 2.18 bits per heavy atom. The normalized spacial score (nSPS) is 11.4. The minimum Gasteiger partial charge on any atom is -0.455 e. The first-order valence-electron chi connectivity index (χ1n) is 13.6. The Bertz CT molecular complexity index is 2060. The fraction of sp³-hybridized carbons (Fsp3) is 0.125. The zero-order valence-electron chi connectivity index (χ0n) is 24.4. The Kier molecular flexibility index (Phi) is 8.57. The maximum Gasteiger partial charge on any atom is 0.345 e. The highest BCUT2D eigenvalue weighted by molar-refractivity contribution is 7.92. The van der Waals surface area contributed by atoms with E-state index in [9.17, 15) is 26.8 Å². The van der Waals surface area contributed by atoms with Crippen LogP contribution in [-0.4, -0.2) is 40.6 Å². The molecule has 0 unspecified atom stereocenters. The molecule has 1 aromatic heterocycles. The van der Waals surface area contributed by atoms with Gasteiger partial charge in [0, 0.05) is 42.2 Å². The summed E-state index contributed by atoms with van der Waals surface area (Å²) in [5, 5.41) is 7.82. The predicted molar refractivity (Wildman–Crippen MR) is 165 cm³/mol. The summed E-state index contributed by atoms with van der Waals surface area (Å²) in [6, 6.07) is 18.7. The average molecular weight is 633 g/mol. The third-order valence-corrected chi connectivity index (χ3v) is 8.53. The lowest BCUT2D eigenvalue weighted by Crippen LogP contribution is -2.86. The number of fused-ring (bicyclic) bond motifs is 1. The maximum atomic E-state index is 13.7. The number of quaternary nitrogens is 1. The van der Waals surface area contributed by atoms with Crippen LogP contribution in [0.15, 0.2) is 88.4 Å². The SMILES string of the molecule is CNC(=O)c1c(-c2ccc(F)cc2)oc2cc(N(C)S(C)(=O)=O)c(-c3ccc(N=N)c(C(=O)[NH2+]Cc4ccc(F)cc4)c3)cc12. The number of furan rings is 1. The van der Waals surface area contributed by atoms with E-state index in [0.29, 0.717) is 27.6 Å². The van der Waals surface area contributed by atoms with E-state index in [0.717, 1.165) is 10.6 Å². The Morgan fingerprint density at radius 2 is 1.58 bits per heavy atom. The van der Waals surface area contributed by atoms with Gasteiger partial charge in [0.2, 0.25) is 10.0 Å². The lowest BCUT2D eigenvalue weighted by molar-refractivity contribution is -0.571. The van der Waals surface area contributed by atoms with E-state index in [4.69, 9.17) is 9.95 Å². The number of halogens is 2. The molecule has 0 aliphatic carbocycles. The number of nitrogens with one attached hydrogen (secondary N) is 2. The second-order valence-electron chi connectivity index (χ2n) is 10.2. The molecular formula is C32H28F2N5O5S+.